The zero-order valence-electron chi connectivity index (χ0n) is 13.3. The fourth-order valence-corrected chi connectivity index (χ4v) is 2.64. The van der Waals surface area contributed by atoms with Crippen LogP contribution in [0.1, 0.15) is 44.0 Å². The minimum absolute atomic E-state index is 0.398. The van der Waals surface area contributed by atoms with Crippen LogP contribution in [0.5, 0.6) is 0 Å². The molecule has 1 aromatic heterocycles. The summed E-state index contributed by atoms with van der Waals surface area (Å²) in [5.74, 6) is 3.10. The number of nitrogens with zero attached hydrogens (tertiary/aromatic N) is 4. The van der Waals surface area contributed by atoms with Crippen molar-refractivity contribution in [1.29, 1.82) is 0 Å². The molecule has 1 unspecified atom stereocenters. The van der Waals surface area contributed by atoms with Gasteiger partial charge in [-0.15, -0.1) is 0 Å². The molecule has 1 aliphatic rings. The molecule has 0 radical (unpaired) electrons. The predicted molar refractivity (Wildman–Crippen MR) is 84.2 cm³/mol. The van der Waals surface area contributed by atoms with E-state index in [0.717, 1.165) is 30.3 Å². The molecule has 112 valence electrons. The lowest BCUT2D eigenvalue weighted by Gasteiger charge is -2.32. The Bertz CT molecular complexity index is 468. The fraction of sp³-hybridized carbons (Fsp3) is 0.733. The number of aromatic nitrogens is 2. The molecule has 1 atom stereocenters. The van der Waals surface area contributed by atoms with E-state index in [2.05, 4.69) is 42.7 Å². The second-order valence-corrected chi connectivity index (χ2v) is 6.09. The SMILES string of the molecule is CCN(c1nc(C2CC2)nc(N)c1C)C(C)CN(C)C. The molecule has 1 fully saturated rings. The van der Waals surface area contributed by atoms with Crippen LogP contribution in [0, 0.1) is 6.92 Å². The Morgan fingerprint density at radius 3 is 2.45 bits per heavy atom. The highest BCUT2D eigenvalue weighted by Gasteiger charge is 2.29. The minimum Gasteiger partial charge on any atom is -0.383 e. The van der Waals surface area contributed by atoms with Gasteiger partial charge in [-0.3, -0.25) is 0 Å². The zero-order valence-corrected chi connectivity index (χ0v) is 13.3. The van der Waals surface area contributed by atoms with E-state index in [9.17, 15) is 0 Å². The number of rotatable bonds is 6. The molecule has 1 aromatic rings. The minimum atomic E-state index is 0.398. The number of likely N-dealkylation sites (N-methyl/N-ethyl adjacent to an activating group) is 2. The Kier molecular flexibility index (Phi) is 4.48. The Morgan fingerprint density at radius 2 is 1.95 bits per heavy atom. The summed E-state index contributed by atoms with van der Waals surface area (Å²) in [4.78, 5) is 13.8. The standard InChI is InChI=1S/C15H27N5/c1-6-20(10(2)9-19(4)5)15-11(3)13(16)17-14(18-15)12-7-8-12/h10,12H,6-9H2,1-5H3,(H2,16,17,18). The Balaban J connectivity index is 2.32. The van der Waals surface area contributed by atoms with E-state index in [1.807, 2.05) is 6.92 Å². The van der Waals surface area contributed by atoms with Crippen LogP contribution < -0.4 is 10.6 Å². The predicted octanol–water partition coefficient (Wildman–Crippen LogP) is 2.02. The molecule has 5 nitrogen and oxygen atoms in total. The zero-order chi connectivity index (χ0) is 14.9. The molecule has 2 rings (SSSR count). The number of nitrogen functional groups attached to an aromatic ring is 1. The third-order valence-electron chi connectivity index (χ3n) is 3.89. The summed E-state index contributed by atoms with van der Waals surface area (Å²) in [6.07, 6.45) is 2.39. The molecule has 1 saturated carbocycles. The third kappa shape index (κ3) is 3.20. The smallest absolute Gasteiger partial charge is 0.137 e. The summed E-state index contributed by atoms with van der Waals surface area (Å²) in [7, 11) is 4.20. The van der Waals surface area contributed by atoms with E-state index in [4.69, 9.17) is 10.7 Å². The summed E-state index contributed by atoms with van der Waals surface area (Å²) < 4.78 is 0. The molecule has 0 spiro atoms. The van der Waals surface area contributed by atoms with Gasteiger partial charge in [0.05, 0.1) is 0 Å². The van der Waals surface area contributed by atoms with E-state index in [-0.39, 0.29) is 0 Å². The number of hydrogen-bond donors (Lipinski definition) is 1. The van der Waals surface area contributed by atoms with Crippen LogP contribution in [0.2, 0.25) is 0 Å². The van der Waals surface area contributed by atoms with Crippen LogP contribution in [-0.2, 0) is 0 Å². The van der Waals surface area contributed by atoms with Crippen molar-refractivity contribution in [3.05, 3.63) is 11.4 Å². The lowest BCUT2D eigenvalue weighted by atomic mass is 10.2. The second-order valence-electron chi connectivity index (χ2n) is 6.09. The van der Waals surface area contributed by atoms with Gasteiger partial charge < -0.3 is 15.5 Å². The largest absolute Gasteiger partial charge is 0.383 e. The van der Waals surface area contributed by atoms with Gasteiger partial charge in [-0.05, 0) is 47.7 Å². The highest BCUT2D eigenvalue weighted by Crippen LogP contribution is 2.39. The quantitative estimate of drug-likeness (QED) is 0.862. The lowest BCUT2D eigenvalue weighted by Crippen LogP contribution is -2.41. The highest BCUT2D eigenvalue weighted by molar-refractivity contribution is 5.57. The monoisotopic (exact) mass is 277 g/mol. The van der Waals surface area contributed by atoms with Gasteiger partial charge in [0.15, 0.2) is 0 Å². The van der Waals surface area contributed by atoms with E-state index >= 15 is 0 Å². The number of nitrogens with two attached hydrogens (primary N) is 1. The molecule has 1 heterocycles. The first kappa shape index (κ1) is 15.0. The summed E-state index contributed by atoms with van der Waals surface area (Å²) in [5, 5.41) is 0. The van der Waals surface area contributed by atoms with Crippen LogP contribution >= 0.6 is 0 Å². The van der Waals surface area contributed by atoms with Crippen molar-refractivity contribution in [2.45, 2.75) is 45.6 Å². The van der Waals surface area contributed by atoms with Crippen molar-refractivity contribution in [2.24, 2.45) is 0 Å². The summed E-state index contributed by atoms with van der Waals surface area (Å²) in [5.41, 5.74) is 7.09. The van der Waals surface area contributed by atoms with Gasteiger partial charge in [0.1, 0.15) is 17.5 Å². The van der Waals surface area contributed by atoms with E-state index in [1.165, 1.54) is 12.8 Å². The van der Waals surface area contributed by atoms with E-state index < -0.39 is 0 Å². The molecule has 5 heteroatoms. The van der Waals surface area contributed by atoms with Crippen LogP contribution in [0.4, 0.5) is 11.6 Å². The number of anilines is 2. The van der Waals surface area contributed by atoms with Gasteiger partial charge in [-0.25, -0.2) is 9.97 Å². The van der Waals surface area contributed by atoms with Gasteiger partial charge in [-0.1, -0.05) is 0 Å². The van der Waals surface area contributed by atoms with Crippen LogP contribution in [-0.4, -0.2) is 48.1 Å². The third-order valence-corrected chi connectivity index (χ3v) is 3.89. The average Bonchev–Trinajstić information content (AvgIpc) is 3.18. The van der Waals surface area contributed by atoms with Crippen molar-refractivity contribution in [1.82, 2.24) is 14.9 Å². The Morgan fingerprint density at radius 1 is 1.30 bits per heavy atom. The van der Waals surface area contributed by atoms with Gasteiger partial charge in [0, 0.05) is 30.6 Å². The first-order chi connectivity index (χ1) is 9.43. The maximum atomic E-state index is 6.09. The van der Waals surface area contributed by atoms with Gasteiger partial charge in [0.2, 0.25) is 0 Å². The van der Waals surface area contributed by atoms with E-state index in [0.29, 0.717) is 17.8 Å². The maximum Gasteiger partial charge on any atom is 0.137 e. The topological polar surface area (TPSA) is 58.3 Å². The molecule has 1 aliphatic carbocycles. The molecule has 0 saturated heterocycles. The number of hydrogen-bond acceptors (Lipinski definition) is 5. The van der Waals surface area contributed by atoms with Crippen molar-refractivity contribution in [2.75, 3.05) is 37.8 Å². The molecule has 20 heavy (non-hydrogen) atoms. The van der Waals surface area contributed by atoms with Crippen molar-refractivity contribution in [3.8, 4) is 0 Å². The van der Waals surface area contributed by atoms with Crippen molar-refractivity contribution < 1.29 is 0 Å². The first-order valence-electron chi connectivity index (χ1n) is 7.49. The Labute approximate surface area is 122 Å². The fourth-order valence-electron chi connectivity index (χ4n) is 2.64. The average molecular weight is 277 g/mol. The van der Waals surface area contributed by atoms with Crippen LogP contribution in [0.25, 0.3) is 0 Å². The molecular weight excluding hydrogens is 250 g/mol. The Hall–Kier alpha value is -1.36. The molecule has 0 aromatic carbocycles. The molecule has 2 N–H and O–H groups in total. The molecule has 0 amide bonds. The van der Waals surface area contributed by atoms with E-state index in [1.54, 1.807) is 0 Å². The van der Waals surface area contributed by atoms with Crippen molar-refractivity contribution >= 4 is 11.6 Å². The summed E-state index contributed by atoms with van der Waals surface area (Å²) in [6.45, 7) is 8.34. The summed E-state index contributed by atoms with van der Waals surface area (Å²) in [6, 6.07) is 0.398. The lowest BCUT2D eigenvalue weighted by molar-refractivity contribution is 0.372. The van der Waals surface area contributed by atoms with Crippen LogP contribution in [0.15, 0.2) is 0 Å². The molecule has 0 bridgehead atoms. The molecule has 0 aliphatic heterocycles. The molecular formula is C15H27N5. The first-order valence-corrected chi connectivity index (χ1v) is 7.49. The van der Waals surface area contributed by atoms with Gasteiger partial charge in [0.25, 0.3) is 0 Å². The normalized spacial score (nSPS) is 16.5. The van der Waals surface area contributed by atoms with Gasteiger partial charge in [-0.2, -0.15) is 0 Å². The summed E-state index contributed by atoms with van der Waals surface area (Å²) >= 11 is 0. The van der Waals surface area contributed by atoms with Crippen LogP contribution in [0.3, 0.4) is 0 Å². The maximum absolute atomic E-state index is 6.09. The highest BCUT2D eigenvalue weighted by atomic mass is 15.2. The van der Waals surface area contributed by atoms with Crippen molar-refractivity contribution in [3.63, 3.8) is 0 Å². The van der Waals surface area contributed by atoms with Gasteiger partial charge >= 0.3 is 0 Å². The second kappa shape index (κ2) is 5.95.